The first kappa shape index (κ1) is 11.5. The molecule has 3 aromatic rings. The summed E-state index contributed by atoms with van der Waals surface area (Å²) in [7, 11) is 0. The highest BCUT2D eigenvalue weighted by molar-refractivity contribution is 14.1. The van der Waals surface area contributed by atoms with Crippen molar-refractivity contribution in [2.45, 2.75) is 6.92 Å². The summed E-state index contributed by atoms with van der Waals surface area (Å²) in [6, 6.07) is 12.1. The third-order valence-electron chi connectivity index (χ3n) is 2.72. The molecule has 0 fully saturated rings. The number of fused-ring (bicyclic) bond motifs is 1. The summed E-state index contributed by atoms with van der Waals surface area (Å²) >= 11 is 2.28. The highest BCUT2D eigenvalue weighted by Crippen LogP contribution is 2.26. The molecule has 90 valence electrons. The summed E-state index contributed by atoms with van der Waals surface area (Å²) in [4.78, 5) is 0. The molecule has 0 unspecified atom stereocenters. The molecule has 3 rings (SSSR count). The van der Waals surface area contributed by atoms with Crippen LogP contribution in [0.2, 0.25) is 0 Å². The average Bonchev–Trinajstić information content (AvgIpc) is 2.83. The third-order valence-corrected chi connectivity index (χ3v) is 3.39. The highest BCUT2D eigenvalue weighted by Gasteiger charge is 2.09. The van der Waals surface area contributed by atoms with Gasteiger partial charge in [0.05, 0.1) is 5.69 Å². The monoisotopic (exact) mass is 351 g/mol. The van der Waals surface area contributed by atoms with E-state index in [-0.39, 0.29) is 0 Å². The van der Waals surface area contributed by atoms with Crippen LogP contribution < -0.4 is 5.32 Å². The number of nitrogens with one attached hydrogen (secondary N) is 1. The van der Waals surface area contributed by atoms with Crippen LogP contribution in [0.3, 0.4) is 0 Å². The number of anilines is 2. The van der Waals surface area contributed by atoms with Crippen molar-refractivity contribution in [3.63, 3.8) is 0 Å². The van der Waals surface area contributed by atoms with Crippen molar-refractivity contribution in [1.29, 1.82) is 0 Å². The number of hydrogen-bond acceptors (Lipinski definition) is 4. The minimum absolute atomic E-state index is 0.758. The number of hydrogen-bond donors (Lipinski definition) is 1. The van der Waals surface area contributed by atoms with Crippen molar-refractivity contribution in [1.82, 2.24) is 10.3 Å². The molecule has 0 atom stereocenters. The Labute approximate surface area is 117 Å². The van der Waals surface area contributed by atoms with E-state index in [2.05, 4.69) is 44.3 Å². The fourth-order valence-corrected chi connectivity index (χ4v) is 2.36. The summed E-state index contributed by atoms with van der Waals surface area (Å²) in [5.74, 6) is 0. The number of benzene rings is 2. The number of aryl methyl sites for hydroxylation is 1. The molecule has 18 heavy (non-hydrogen) atoms. The van der Waals surface area contributed by atoms with Gasteiger partial charge < -0.3 is 5.32 Å². The second-order valence-corrected chi connectivity index (χ2v) is 5.27. The zero-order valence-electron chi connectivity index (χ0n) is 9.64. The zero-order chi connectivity index (χ0) is 12.5. The van der Waals surface area contributed by atoms with E-state index in [1.54, 1.807) is 0 Å². The zero-order valence-corrected chi connectivity index (χ0v) is 11.8. The molecule has 0 aliphatic carbocycles. The van der Waals surface area contributed by atoms with Crippen molar-refractivity contribution in [2.24, 2.45) is 0 Å². The van der Waals surface area contributed by atoms with Gasteiger partial charge in [0.25, 0.3) is 0 Å². The van der Waals surface area contributed by atoms with Crippen LogP contribution in [0.1, 0.15) is 5.56 Å². The lowest BCUT2D eigenvalue weighted by Gasteiger charge is -2.07. The lowest BCUT2D eigenvalue weighted by atomic mass is 10.1. The molecule has 4 nitrogen and oxygen atoms in total. The quantitative estimate of drug-likeness (QED) is 0.712. The molecule has 0 bridgehead atoms. The molecule has 0 saturated carbocycles. The van der Waals surface area contributed by atoms with Gasteiger partial charge in [-0.15, -0.1) is 0 Å². The largest absolute Gasteiger partial charge is 0.354 e. The first-order valence-corrected chi connectivity index (χ1v) is 6.56. The van der Waals surface area contributed by atoms with Crippen LogP contribution in [0, 0.1) is 10.5 Å². The maximum Gasteiger partial charge on any atom is 0.158 e. The Morgan fingerprint density at radius 2 is 1.94 bits per heavy atom. The molecular weight excluding hydrogens is 341 g/mol. The predicted molar refractivity (Wildman–Crippen MR) is 79.0 cm³/mol. The van der Waals surface area contributed by atoms with E-state index in [0.717, 1.165) is 28.0 Å². The second-order valence-electron chi connectivity index (χ2n) is 4.03. The SMILES string of the molecule is Cc1ccc(Nc2cccc(I)c2)c2nonc12. The van der Waals surface area contributed by atoms with E-state index in [4.69, 9.17) is 4.63 Å². The fraction of sp³-hybridized carbons (Fsp3) is 0.0769. The Kier molecular flexibility index (Phi) is 2.91. The fourth-order valence-electron chi connectivity index (χ4n) is 1.81. The standard InChI is InChI=1S/C13H10IN3O/c1-8-5-6-11(13-12(8)16-18-17-13)15-10-4-2-3-9(14)7-10/h2-7,15H,1H3. The smallest absolute Gasteiger partial charge is 0.158 e. The van der Waals surface area contributed by atoms with Crippen molar-refractivity contribution < 1.29 is 4.63 Å². The summed E-state index contributed by atoms with van der Waals surface area (Å²) in [6.45, 7) is 1.99. The van der Waals surface area contributed by atoms with Gasteiger partial charge in [-0.05, 0) is 69.7 Å². The molecule has 0 saturated heterocycles. The van der Waals surface area contributed by atoms with Gasteiger partial charge in [0.15, 0.2) is 5.52 Å². The lowest BCUT2D eigenvalue weighted by Crippen LogP contribution is -1.92. The van der Waals surface area contributed by atoms with Gasteiger partial charge in [0, 0.05) is 9.26 Å². The van der Waals surface area contributed by atoms with Gasteiger partial charge in [-0.3, -0.25) is 0 Å². The predicted octanol–water partition coefficient (Wildman–Crippen LogP) is 3.88. The Morgan fingerprint density at radius 1 is 1.11 bits per heavy atom. The van der Waals surface area contributed by atoms with E-state index < -0.39 is 0 Å². The molecule has 0 aliphatic heterocycles. The Hall–Kier alpha value is -1.63. The maximum absolute atomic E-state index is 4.81. The molecule has 5 heteroatoms. The summed E-state index contributed by atoms with van der Waals surface area (Å²) in [5.41, 5.74) is 4.54. The van der Waals surface area contributed by atoms with E-state index in [1.165, 1.54) is 3.57 Å². The van der Waals surface area contributed by atoms with Gasteiger partial charge >= 0.3 is 0 Å². The summed E-state index contributed by atoms with van der Waals surface area (Å²) in [6.07, 6.45) is 0. The van der Waals surface area contributed by atoms with Crippen molar-refractivity contribution >= 4 is 45.0 Å². The Balaban J connectivity index is 2.05. The van der Waals surface area contributed by atoms with Gasteiger partial charge in [-0.2, -0.15) is 0 Å². The van der Waals surface area contributed by atoms with Crippen LogP contribution in [0.5, 0.6) is 0 Å². The van der Waals surface area contributed by atoms with E-state index in [9.17, 15) is 0 Å². The molecule has 1 heterocycles. The summed E-state index contributed by atoms with van der Waals surface area (Å²) < 4.78 is 5.99. The van der Waals surface area contributed by atoms with Crippen LogP contribution in [0.25, 0.3) is 11.0 Å². The Bertz CT molecular complexity index is 708. The average molecular weight is 351 g/mol. The molecule has 0 radical (unpaired) electrons. The third kappa shape index (κ3) is 2.05. The maximum atomic E-state index is 4.81. The van der Waals surface area contributed by atoms with Crippen molar-refractivity contribution in [3.05, 3.63) is 45.5 Å². The van der Waals surface area contributed by atoms with Crippen LogP contribution in [-0.4, -0.2) is 10.3 Å². The van der Waals surface area contributed by atoms with Crippen LogP contribution in [0.15, 0.2) is 41.0 Å². The number of nitrogens with zero attached hydrogens (tertiary/aromatic N) is 2. The molecule has 2 aromatic carbocycles. The lowest BCUT2D eigenvalue weighted by molar-refractivity contribution is 0.315. The first-order valence-electron chi connectivity index (χ1n) is 5.48. The van der Waals surface area contributed by atoms with Crippen LogP contribution in [0.4, 0.5) is 11.4 Å². The van der Waals surface area contributed by atoms with Crippen LogP contribution >= 0.6 is 22.6 Å². The van der Waals surface area contributed by atoms with Gasteiger partial charge in [-0.25, -0.2) is 4.63 Å². The minimum Gasteiger partial charge on any atom is -0.354 e. The number of rotatable bonds is 2. The summed E-state index contributed by atoms with van der Waals surface area (Å²) in [5, 5.41) is 11.2. The van der Waals surface area contributed by atoms with E-state index in [1.807, 2.05) is 37.3 Å². The molecule has 1 N–H and O–H groups in total. The Morgan fingerprint density at radius 3 is 2.78 bits per heavy atom. The minimum atomic E-state index is 0.758. The molecule has 0 aliphatic rings. The van der Waals surface area contributed by atoms with Gasteiger partial charge in [0.1, 0.15) is 5.52 Å². The van der Waals surface area contributed by atoms with Gasteiger partial charge in [-0.1, -0.05) is 12.1 Å². The van der Waals surface area contributed by atoms with E-state index >= 15 is 0 Å². The molecule has 1 aromatic heterocycles. The van der Waals surface area contributed by atoms with Crippen molar-refractivity contribution in [3.8, 4) is 0 Å². The molecular formula is C13H10IN3O. The van der Waals surface area contributed by atoms with Gasteiger partial charge in [0.2, 0.25) is 0 Å². The topological polar surface area (TPSA) is 51.0 Å². The highest BCUT2D eigenvalue weighted by atomic mass is 127. The molecule has 0 amide bonds. The number of halogens is 1. The molecule has 0 spiro atoms. The van der Waals surface area contributed by atoms with Crippen molar-refractivity contribution in [2.75, 3.05) is 5.32 Å². The number of aromatic nitrogens is 2. The van der Waals surface area contributed by atoms with E-state index in [0.29, 0.717) is 0 Å². The normalized spacial score (nSPS) is 10.8. The van der Waals surface area contributed by atoms with Crippen LogP contribution in [-0.2, 0) is 0 Å². The second kappa shape index (κ2) is 4.56. The first-order chi connectivity index (χ1) is 8.74.